The molecule has 142 valence electrons. The van der Waals surface area contributed by atoms with E-state index in [4.69, 9.17) is 16.2 Å². The summed E-state index contributed by atoms with van der Waals surface area (Å²) in [7, 11) is 1.63. The minimum Gasteiger partial charge on any atom is -0.385 e. The first-order valence-corrected chi connectivity index (χ1v) is 8.23. The van der Waals surface area contributed by atoms with E-state index >= 15 is 0 Å². The van der Waals surface area contributed by atoms with E-state index in [0.29, 0.717) is 61.7 Å². The monoisotopic (exact) mass is 363 g/mol. The first-order valence-electron chi connectivity index (χ1n) is 8.23. The van der Waals surface area contributed by atoms with Crippen LogP contribution in [0.5, 0.6) is 0 Å². The van der Waals surface area contributed by atoms with E-state index in [-0.39, 0.29) is 18.0 Å². The zero-order chi connectivity index (χ0) is 19.5. The molecule has 1 saturated heterocycles. The van der Waals surface area contributed by atoms with Crippen LogP contribution in [-0.4, -0.2) is 68.6 Å². The van der Waals surface area contributed by atoms with Crippen molar-refractivity contribution >= 4 is 24.8 Å². The molecule has 1 heterocycles. The quantitative estimate of drug-likeness (QED) is 0.516. The number of amides is 1. The van der Waals surface area contributed by atoms with Crippen LogP contribution < -0.4 is 11.5 Å². The highest BCUT2D eigenvalue weighted by Crippen LogP contribution is 2.09. The van der Waals surface area contributed by atoms with Gasteiger partial charge in [-0.25, -0.2) is 0 Å². The average Bonchev–Trinajstić information content (AvgIpc) is 3.00. The maximum atomic E-state index is 11.6. The second kappa shape index (κ2) is 11.2. The molecule has 0 unspecified atom stereocenters. The number of methoxy groups -OCH3 is 1. The Morgan fingerprint density at radius 3 is 1.81 bits per heavy atom. The van der Waals surface area contributed by atoms with Gasteiger partial charge in [0.05, 0.1) is 0 Å². The van der Waals surface area contributed by atoms with Crippen molar-refractivity contribution in [1.82, 2.24) is 4.90 Å². The van der Waals surface area contributed by atoms with Gasteiger partial charge in [-0.05, 0) is 24.6 Å². The molecular weight excluding hydrogens is 338 g/mol. The van der Waals surface area contributed by atoms with Gasteiger partial charge in [-0.1, -0.05) is 0 Å². The lowest BCUT2D eigenvalue weighted by molar-refractivity contribution is -0.130. The highest BCUT2D eigenvalue weighted by Gasteiger charge is 2.29. The van der Waals surface area contributed by atoms with Gasteiger partial charge >= 0.3 is 0 Å². The van der Waals surface area contributed by atoms with Gasteiger partial charge in [0.2, 0.25) is 5.91 Å². The number of rotatable bonds is 7. The van der Waals surface area contributed by atoms with E-state index in [1.165, 1.54) is 18.2 Å². The second-order valence-corrected chi connectivity index (χ2v) is 6.01. The van der Waals surface area contributed by atoms with Crippen molar-refractivity contribution in [3.63, 3.8) is 0 Å². The maximum absolute atomic E-state index is 11.6. The van der Waals surface area contributed by atoms with Gasteiger partial charge in [0.1, 0.15) is 18.9 Å². The minimum absolute atomic E-state index is 0.0682. The standard InChI is InChI=1S/C9H19N3O2.C9H6O3/c1-14-4-2-3-9(13)12-5-7(10)8(11)6-12;10-4-7-1-8(5-11)3-9(2-7)6-12/h7-8H,2-6,10-11H2,1H3;1-6H/t7-,8-;/m1./s1. The number of nitrogens with zero attached hydrogens (tertiary/aromatic N) is 1. The van der Waals surface area contributed by atoms with Gasteiger partial charge in [-0.3, -0.25) is 19.2 Å². The molecule has 4 N–H and O–H groups in total. The molecule has 0 saturated carbocycles. The van der Waals surface area contributed by atoms with Gasteiger partial charge in [-0.2, -0.15) is 0 Å². The molecule has 1 fully saturated rings. The summed E-state index contributed by atoms with van der Waals surface area (Å²) in [5.74, 6) is 0.130. The summed E-state index contributed by atoms with van der Waals surface area (Å²) < 4.78 is 4.88. The molecule has 26 heavy (non-hydrogen) atoms. The number of ether oxygens (including phenoxy) is 1. The third-order valence-electron chi connectivity index (χ3n) is 3.91. The predicted molar refractivity (Wildman–Crippen MR) is 96.2 cm³/mol. The summed E-state index contributed by atoms with van der Waals surface area (Å²) in [6.45, 7) is 1.80. The number of hydrogen-bond donors (Lipinski definition) is 2. The van der Waals surface area contributed by atoms with Gasteiger partial charge in [-0.15, -0.1) is 0 Å². The molecule has 1 aliphatic heterocycles. The third-order valence-corrected chi connectivity index (χ3v) is 3.91. The van der Waals surface area contributed by atoms with E-state index in [9.17, 15) is 19.2 Å². The van der Waals surface area contributed by atoms with Gasteiger partial charge in [0.15, 0.2) is 0 Å². The Morgan fingerprint density at radius 2 is 1.46 bits per heavy atom. The molecule has 2 atom stereocenters. The van der Waals surface area contributed by atoms with Crippen molar-refractivity contribution in [2.45, 2.75) is 24.9 Å². The van der Waals surface area contributed by atoms with Crippen LogP contribution in [0.15, 0.2) is 18.2 Å². The zero-order valence-corrected chi connectivity index (χ0v) is 14.8. The van der Waals surface area contributed by atoms with Crippen molar-refractivity contribution in [2.24, 2.45) is 11.5 Å². The van der Waals surface area contributed by atoms with E-state index in [1.807, 2.05) is 0 Å². The highest BCUT2D eigenvalue weighted by atomic mass is 16.5. The van der Waals surface area contributed by atoms with Gasteiger partial charge in [0, 0.05) is 62.0 Å². The molecule has 0 bridgehead atoms. The molecule has 1 aromatic rings. The lowest BCUT2D eigenvalue weighted by atomic mass is 10.1. The number of carbonyl (C=O) groups is 4. The van der Waals surface area contributed by atoms with Crippen LogP contribution in [0.3, 0.4) is 0 Å². The van der Waals surface area contributed by atoms with Crippen LogP contribution in [0.25, 0.3) is 0 Å². The van der Waals surface area contributed by atoms with E-state index in [0.717, 1.165) is 6.42 Å². The summed E-state index contributed by atoms with van der Waals surface area (Å²) in [6, 6.07) is 4.13. The van der Waals surface area contributed by atoms with Gasteiger partial charge < -0.3 is 21.1 Å². The molecule has 0 radical (unpaired) electrons. The molecule has 0 spiro atoms. The summed E-state index contributed by atoms with van der Waals surface area (Å²) in [6.07, 6.45) is 3.07. The topological polar surface area (TPSA) is 133 Å². The SMILES string of the molecule is COCCCC(=O)N1C[C@@H](N)[C@H](N)C1.O=Cc1cc(C=O)cc(C=O)c1. The second-order valence-electron chi connectivity index (χ2n) is 6.01. The van der Waals surface area contributed by atoms with Crippen molar-refractivity contribution in [2.75, 3.05) is 26.8 Å². The number of likely N-dealkylation sites (tertiary alicyclic amines) is 1. The Hall–Kier alpha value is -2.42. The summed E-state index contributed by atoms with van der Waals surface area (Å²) in [5.41, 5.74) is 12.4. The number of aldehydes is 3. The Kier molecular flexibility index (Phi) is 9.35. The van der Waals surface area contributed by atoms with Crippen molar-refractivity contribution in [3.05, 3.63) is 34.9 Å². The van der Waals surface area contributed by atoms with E-state index in [1.54, 1.807) is 12.0 Å². The average molecular weight is 363 g/mol. The molecule has 1 amide bonds. The summed E-state index contributed by atoms with van der Waals surface area (Å²) >= 11 is 0. The molecule has 8 heteroatoms. The Balaban J connectivity index is 0.000000263. The number of carbonyl (C=O) groups excluding carboxylic acids is 4. The molecule has 1 aliphatic rings. The number of benzene rings is 1. The minimum atomic E-state index is -0.0682. The predicted octanol–water partition coefficient (Wildman–Crippen LogP) is 0.0339. The number of nitrogens with two attached hydrogens (primary N) is 2. The Bertz CT molecular complexity index is 561. The smallest absolute Gasteiger partial charge is 0.222 e. The van der Waals surface area contributed by atoms with Crippen molar-refractivity contribution in [1.29, 1.82) is 0 Å². The molecule has 0 aromatic heterocycles. The van der Waals surface area contributed by atoms with Crippen LogP contribution in [0, 0.1) is 0 Å². The van der Waals surface area contributed by atoms with E-state index in [2.05, 4.69) is 0 Å². The van der Waals surface area contributed by atoms with Crippen LogP contribution >= 0.6 is 0 Å². The zero-order valence-electron chi connectivity index (χ0n) is 14.8. The Labute approximate surface area is 152 Å². The molecule has 0 aliphatic carbocycles. The van der Waals surface area contributed by atoms with Crippen molar-refractivity contribution < 1.29 is 23.9 Å². The fourth-order valence-electron chi connectivity index (χ4n) is 2.49. The maximum Gasteiger partial charge on any atom is 0.222 e. The molecule has 1 aromatic carbocycles. The highest BCUT2D eigenvalue weighted by molar-refractivity contribution is 5.87. The van der Waals surface area contributed by atoms with Gasteiger partial charge in [0.25, 0.3) is 0 Å². The van der Waals surface area contributed by atoms with Crippen LogP contribution in [0.2, 0.25) is 0 Å². The first-order chi connectivity index (χ1) is 12.4. The lowest BCUT2D eigenvalue weighted by Gasteiger charge is -2.15. The number of hydrogen-bond acceptors (Lipinski definition) is 7. The normalized spacial score (nSPS) is 18.7. The largest absolute Gasteiger partial charge is 0.385 e. The summed E-state index contributed by atoms with van der Waals surface area (Å²) in [5, 5.41) is 0. The molecule has 2 rings (SSSR count). The van der Waals surface area contributed by atoms with Crippen LogP contribution in [-0.2, 0) is 9.53 Å². The van der Waals surface area contributed by atoms with Crippen LogP contribution in [0.4, 0.5) is 0 Å². The van der Waals surface area contributed by atoms with Crippen molar-refractivity contribution in [3.8, 4) is 0 Å². The van der Waals surface area contributed by atoms with Crippen LogP contribution in [0.1, 0.15) is 43.9 Å². The summed E-state index contributed by atoms with van der Waals surface area (Å²) in [4.78, 5) is 44.2. The molecule has 8 nitrogen and oxygen atoms in total. The third kappa shape index (κ3) is 6.83. The lowest BCUT2D eigenvalue weighted by Crippen LogP contribution is -2.39. The first kappa shape index (κ1) is 21.6. The molecular formula is C18H25N3O5. The fourth-order valence-corrected chi connectivity index (χ4v) is 2.49. The Morgan fingerprint density at radius 1 is 1.04 bits per heavy atom. The fraction of sp³-hybridized carbons (Fsp3) is 0.444. The van der Waals surface area contributed by atoms with E-state index < -0.39 is 0 Å².